The highest BCUT2D eigenvalue weighted by Gasteiger charge is 2.04. The van der Waals surface area contributed by atoms with Gasteiger partial charge in [-0.3, -0.25) is 4.99 Å². The minimum Gasteiger partial charge on any atom is -0.379 e. The Balaban J connectivity index is 0.00000529. The van der Waals surface area contributed by atoms with Crippen molar-refractivity contribution in [3.8, 4) is 0 Å². The van der Waals surface area contributed by atoms with Crippen molar-refractivity contribution in [1.82, 2.24) is 10.6 Å². The Hall–Kier alpha value is -0.380. The normalized spacial score (nSPS) is 14.8. The Morgan fingerprint density at radius 2 is 1.92 bits per heavy atom. The first-order chi connectivity index (χ1) is 11.4. The number of nitrogens with zero attached hydrogens (tertiary/aromatic N) is 1. The largest absolute Gasteiger partial charge is 0.379 e. The van der Waals surface area contributed by atoms with Gasteiger partial charge in [0, 0.05) is 26.7 Å². The van der Waals surface area contributed by atoms with Gasteiger partial charge in [-0.2, -0.15) is 0 Å². The number of hydrogen-bond donors (Lipinski definition) is 2. The van der Waals surface area contributed by atoms with Crippen LogP contribution in [0.2, 0.25) is 0 Å². The van der Waals surface area contributed by atoms with E-state index in [1.54, 1.807) is 7.05 Å². The predicted octanol–water partition coefficient (Wildman–Crippen LogP) is 2.34. The molecule has 1 heterocycles. The van der Waals surface area contributed by atoms with Crippen LogP contribution in [0.4, 0.5) is 0 Å². The molecule has 1 aliphatic heterocycles. The number of guanidine groups is 1. The van der Waals surface area contributed by atoms with Crippen LogP contribution in [0, 0.1) is 0 Å². The lowest BCUT2D eigenvalue weighted by molar-refractivity contribution is 0.0487. The second-order valence-electron chi connectivity index (χ2n) is 5.44. The van der Waals surface area contributed by atoms with Crippen LogP contribution in [-0.2, 0) is 14.2 Å². The van der Waals surface area contributed by atoms with Crippen LogP contribution in [-0.4, -0.2) is 65.7 Å². The monoisotopic (exact) mass is 455 g/mol. The molecular formula is C17H34IN3O3. The summed E-state index contributed by atoms with van der Waals surface area (Å²) in [7, 11) is 1.78. The quantitative estimate of drug-likeness (QED) is 0.156. The molecule has 1 rings (SSSR count). The fourth-order valence-electron chi connectivity index (χ4n) is 2.16. The fourth-order valence-corrected chi connectivity index (χ4v) is 2.16. The van der Waals surface area contributed by atoms with E-state index < -0.39 is 0 Å². The first kappa shape index (κ1) is 23.6. The molecule has 0 aromatic carbocycles. The first-order valence-electron chi connectivity index (χ1n) is 8.72. The summed E-state index contributed by atoms with van der Waals surface area (Å²) in [6, 6.07) is 0. The molecule has 0 radical (unpaired) electrons. The molecule has 0 atom stereocenters. The third-order valence-corrected chi connectivity index (χ3v) is 3.57. The SMILES string of the molecule is CCCCOCCOCCNC(=NC)NCCC1=CCOCC1.I. The lowest BCUT2D eigenvalue weighted by atomic mass is 10.1. The number of hydrogen-bond acceptors (Lipinski definition) is 4. The average Bonchev–Trinajstić information content (AvgIpc) is 2.59. The van der Waals surface area contributed by atoms with Crippen molar-refractivity contribution in [3.05, 3.63) is 11.6 Å². The van der Waals surface area contributed by atoms with Gasteiger partial charge >= 0.3 is 0 Å². The number of unbranched alkanes of at least 4 members (excludes halogenated alkanes) is 1. The molecule has 6 nitrogen and oxygen atoms in total. The summed E-state index contributed by atoms with van der Waals surface area (Å²) in [6.45, 7) is 8.19. The highest BCUT2D eigenvalue weighted by Crippen LogP contribution is 2.10. The molecule has 0 spiro atoms. The van der Waals surface area contributed by atoms with Crippen molar-refractivity contribution in [2.45, 2.75) is 32.6 Å². The minimum absolute atomic E-state index is 0. The molecule has 0 aromatic heterocycles. The summed E-state index contributed by atoms with van der Waals surface area (Å²) < 4.78 is 16.3. The fraction of sp³-hybridized carbons (Fsp3) is 0.824. The molecule has 0 aromatic rings. The number of aliphatic imine (C=N–C) groups is 1. The molecule has 0 unspecified atom stereocenters. The third kappa shape index (κ3) is 13.0. The molecular weight excluding hydrogens is 421 g/mol. The molecule has 1 aliphatic rings. The smallest absolute Gasteiger partial charge is 0.191 e. The van der Waals surface area contributed by atoms with E-state index in [1.165, 1.54) is 12.0 Å². The number of rotatable bonds is 12. The zero-order valence-electron chi connectivity index (χ0n) is 15.1. The standard InChI is InChI=1S/C17H33N3O3.HI/c1-3-4-10-21-14-15-23-13-9-20-17(18-2)19-8-5-16-6-11-22-12-7-16;/h6H,3-5,7-15H2,1-2H3,(H2,18,19,20);1H. The van der Waals surface area contributed by atoms with Gasteiger partial charge in [-0.1, -0.05) is 25.0 Å². The zero-order valence-corrected chi connectivity index (χ0v) is 17.5. The Labute approximate surface area is 163 Å². The van der Waals surface area contributed by atoms with Gasteiger partial charge in [0.15, 0.2) is 5.96 Å². The van der Waals surface area contributed by atoms with Crippen LogP contribution < -0.4 is 10.6 Å². The van der Waals surface area contributed by atoms with Crippen LogP contribution >= 0.6 is 24.0 Å². The van der Waals surface area contributed by atoms with Crippen molar-refractivity contribution in [1.29, 1.82) is 0 Å². The summed E-state index contributed by atoms with van der Waals surface area (Å²) in [5.74, 6) is 0.820. The van der Waals surface area contributed by atoms with Crippen molar-refractivity contribution in [2.75, 3.05) is 59.8 Å². The Kier molecular flexibility index (Phi) is 17.2. The van der Waals surface area contributed by atoms with Crippen molar-refractivity contribution in [2.24, 2.45) is 4.99 Å². The van der Waals surface area contributed by atoms with Crippen LogP contribution in [0.1, 0.15) is 32.6 Å². The molecule has 0 bridgehead atoms. The highest BCUT2D eigenvalue weighted by atomic mass is 127. The maximum absolute atomic E-state index is 5.52. The van der Waals surface area contributed by atoms with E-state index in [2.05, 4.69) is 28.6 Å². The molecule has 0 aliphatic carbocycles. The summed E-state index contributed by atoms with van der Waals surface area (Å²) in [5, 5.41) is 6.57. The summed E-state index contributed by atoms with van der Waals surface area (Å²) >= 11 is 0. The van der Waals surface area contributed by atoms with Gasteiger partial charge in [-0.05, 0) is 19.3 Å². The molecule has 0 fully saturated rings. The van der Waals surface area contributed by atoms with E-state index in [0.29, 0.717) is 19.8 Å². The summed E-state index contributed by atoms with van der Waals surface area (Å²) in [5.41, 5.74) is 1.46. The van der Waals surface area contributed by atoms with E-state index in [9.17, 15) is 0 Å². The molecule has 142 valence electrons. The van der Waals surface area contributed by atoms with Crippen molar-refractivity contribution in [3.63, 3.8) is 0 Å². The van der Waals surface area contributed by atoms with Crippen LogP contribution in [0.15, 0.2) is 16.6 Å². The second-order valence-corrected chi connectivity index (χ2v) is 5.44. The van der Waals surface area contributed by atoms with Crippen LogP contribution in [0.25, 0.3) is 0 Å². The van der Waals surface area contributed by atoms with Gasteiger partial charge < -0.3 is 24.8 Å². The van der Waals surface area contributed by atoms with E-state index in [0.717, 1.165) is 58.1 Å². The van der Waals surface area contributed by atoms with Gasteiger partial charge in [0.1, 0.15) is 0 Å². The van der Waals surface area contributed by atoms with Gasteiger partial charge in [-0.15, -0.1) is 24.0 Å². The van der Waals surface area contributed by atoms with Gasteiger partial charge in [0.2, 0.25) is 0 Å². The lowest BCUT2D eigenvalue weighted by Gasteiger charge is -2.15. The van der Waals surface area contributed by atoms with Gasteiger partial charge in [0.05, 0.1) is 33.0 Å². The van der Waals surface area contributed by atoms with Gasteiger partial charge in [0.25, 0.3) is 0 Å². The number of nitrogens with one attached hydrogen (secondary N) is 2. The Morgan fingerprint density at radius 3 is 2.58 bits per heavy atom. The summed E-state index contributed by atoms with van der Waals surface area (Å²) in [6.07, 6.45) is 6.55. The van der Waals surface area contributed by atoms with Crippen LogP contribution in [0.5, 0.6) is 0 Å². The highest BCUT2D eigenvalue weighted by molar-refractivity contribution is 14.0. The first-order valence-corrected chi connectivity index (χ1v) is 8.72. The predicted molar refractivity (Wildman–Crippen MR) is 109 cm³/mol. The minimum atomic E-state index is 0. The van der Waals surface area contributed by atoms with Gasteiger partial charge in [-0.25, -0.2) is 0 Å². The van der Waals surface area contributed by atoms with E-state index in [-0.39, 0.29) is 24.0 Å². The van der Waals surface area contributed by atoms with Crippen molar-refractivity contribution >= 4 is 29.9 Å². The molecule has 0 amide bonds. The molecule has 24 heavy (non-hydrogen) atoms. The average molecular weight is 455 g/mol. The Bertz CT molecular complexity index is 352. The molecule has 0 saturated heterocycles. The summed E-state index contributed by atoms with van der Waals surface area (Å²) in [4.78, 5) is 4.21. The van der Waals surface area contributed by atoms with E-state index in [1.807, 2.05) is 0 Å². The molecule has 2 N–H and O–H groups in total. The number of halogens is 1. The number of ether oxygens (including phenoxy) is 3. The lowest BCUT2D eigenvalue weighted by Crippen LogP contribution is -2.39. The molecule has 0 saturated carbocycles. The maximum atomic E-state index is 5.52. The van der Waals surface area contributed by atoms with Crippen LogP contribution in [0.3, 0.4) is 0 Å². The third-order valence-electron chi connectivity index (χ3n) is 3.57. The molecule has 7 heteroatoms. The maximum Gasteiger partial charge on any atom is 0.191 e. The van der Waals surface area contributed by atoms with Crippen molar-refractivity contribution < 1.29 is 14.2 Å². The second kappa shape index (κ2) is 17.4. The van der Waals surface area contributed by atoms with E-state index >= 15 is 0 Å². The topological polar surface area (TPSA) is 64.1 Å². The Morgan fingerprint density at radius 1 is 1.17 bits per heavy atom. The zero-order chi connectivity index (χ0) is 16.6. The van der Waals surface area contributed by atoms with E-state index in [4.69, 9.17) is 14.2 Å².